The summed E-state index contributed by atoms with van der Waals surface area (Å²) in [6.07, 6.45) is 0.835. The van der Waals surface area contributed by atoms with Gasteiger partial charge in [0.05, 0.1) is 17.9 Å². The van der Waals surface area contributed by atoms with Crippen molar-refractivity contribution in [2.75, 3.05) is 13.6 Å². The summed E-state index contributed by atoms with van der Waals surface area (Å²) in [7, 11) is 1.75. The van der Waals surface area contributed by atoms with Gasteiger partial charge < -0.3 is 15.1 Å². The molecule has 2 heterocycles. The van der Waals surface area contributed by atoms with Crippen LogP contribution in [0.2, 0.25) is 0 Å². The zero-order chi connectivity index (χ0) is 18.4. The minimum absolute atomic E-state index is 0.503. The Hall–Kier alpha value is -2.67. The summed E-state index contributed by atoms with van der Waals surface area (Å²) in [5.41, 5.74) is 3.16. The molecule has 3 aromatic rings. The Balaban J connectivity index is 1.46. The molecule has 0 saturated carbocycles. The molecule has 2 N–H and O–H groups in total. The van der Waals surface area contributed by atoms with E-state index < -0.39 is 0 Å². The van der Waals surface area contributed by atoms with Gasteiger partial charge in [-0.25, -0.2) is 9.97 Å². The first-order chi connectivity index (χ1) is 12.7. The van der Waals surface area contributed by atoms with E-state index in [1.165, 1.54) is 0 Å². The van der Waals surface area contributed by atoms with Crippen LogP contribution in [0.1, 0.15) is 23.0 Å². The monoisotopic (exact) mass is 369 g/mol. The fourth-order valence-electron chi connectivity index (χ4n) is 2.44. The minimum atomic E-state index is 0.503. The number of aromatic nitrogens is 2. The first-order valence-electron chi connectivity index (χ1n) is 8.53. The highest BCUT2D eigenvalue weighted by Crippen LogP contribution is 2.23. The molecule has 0 amide bonds. The zero-order valence-corrected chi connectivity index (χ0v) is 16.1. The number of thiazole rings is 1. The summed E-state index contributed by atoms with van der Waals surface area (Å²) in [5, 5.41) is 9.66. The first-order valence-corrected chi connectivity index (χ1v) is 9.41. The molecule has 0 spiro atoms. The van der Waals surface area contributed by atoms with Gasteiger partial charge in [-0.15, -0.1) is 11.3 Å². The van der Waals surface area contributed by atoms with Gasteiger partial charge in [-0.1, -0.05) is 30.3 Å². The SMILES string of the molecule is CN=C(NCCc1csc(-c2ccccc2)n1)NCc1nc(C)c(C)o1. The molecule has 0 saturated heterocycles. The van der Waals surface area contributed by atoms with Crippen molar-refractivity contribution in [2.45, 2.75) is 26.8 Å². The third kappa shape index (κ3) is 4.70. The number of nitrogens with one attached hydrogen (secondary N) is 2. The van der Waals surface area contributed by atoms with E-state index in [2.05, 4.69) is 38.1 Å². The van der Waals surface area contributed by atoms with Crippen LogP contribution in [0.4, 0.5) is 0 Å². The average molecular weight is 369 g/mol. The standard InChI is InChI=1S/C19H23N5OS/c1-13-14(2)25-17(23-13)11-22-19(20-3)21-10-9-16-12-26-18(24-16)15-7-5-4-6-8-15/h4-8,12H,9-11H2,1-3H3,(H2,20,21,22). The molecule has 0 bridgehead atoms. The zero-order valence-electron chi connectivity index (χ0n) is 15.2. The van der Waals surface area contributed by atoms with Crippen molar-refractivity contribution in [2.24, 2.45) is 4.99 Å². The number of hydrogen-bond acceptors (Lipinski definition) is 5. The maximum Gasteiger partial charge on any atom is 0.214 e. The molecular formula is C19H23N5OS. The van der Waals surface area contributed by atoms with Crippen LogP contribution in [-0.4, -0.2) is 29.5 Å². The Labute approximate surface area is 157 Å². The quantitative estimate of drug-likeness (QED) is 0.515. The molecule has 1 aromatic carbocycles. The molecule has 0 aliphatic rings. The molecule has 0 fully saturated rings. The topological polar surface area (TPSA) is 75.3 Å². The molecule has 7 heteroatoms. The number of guanidine groups is 1. The van der Waals surface area contributed by atoms with Crippen molar-refractivity contribution in [3.05, 3.63) is 58.8 Å². The van der Waals surface area contributed by atoms with E-state index in [9.17, 15) is 0 Å². The predicted octanol–water partition coefficient (Wildman–Crippen LogP) is 3.32. The van der Waals surface area contributed by atoms with Crippen LogP contribution in [0.25, 0.3) is 10.6 Å². The third-order valence-electron chi connectivity index (χ3n) is 3.95. The third-order valence-corrected chi connectivity index (χ3v) is 4.89. The van der Waals surface area contributed by atoms with E-state index >= 15 is 0 Å². The van der Waals surface area contributed by atoms with Crippen LogP contribution in [0.15, 0.2) is 45.1 Å². The van der Waals surface area contributed by atoms with Crippen LogP contribution < -0.4 is 10.6 Å². The molecule has 0 aliphatic carbocycles. The largest absolute Gasteiger partial charge is 0.444 e. The van der Waals surface area contributed by atoms with Gasteiger partial charge in [-0.05, 0) is 13.8 Å². The maximum atomic E-state index is 5.56. The van der Waals surface area contributed by atoms with Crippen LogP contribution in [-0.2, 0) is 13.0 Å². The summed E-state index contributed by atoms with van der Waals surface area (Å²) in [5.74, 6) is 2.23. The Bertz CT molecular complexity index is 850. The summed E-state index contributed by atoms with van der Waals surface area (Å²) in [4.78, 5) is 13.3. The lowest BCUT2D eigenvalue weighted by Crippen LogP contribution is -2.37. The van der Waals surface area contributed by atoms with E-state index in [1.807, 2.05) is 32.0 Å². The fourth-order valence-corrected chi connectivity index (χ4v) is 3.30. The molecule has 136 valence electrons. The molecule has 0 unspecified atom stereocenters. The minimum Gasteiger partial charge on any atom is -0.444 e. The Morgan fingerprint density at radius 3 is 2.65 bits per heavy atom. The smallest absolute Gasteiger partial charge is 0.214 e. The Kier molecular flexibility index (Phi) is 6.01. The molecule has 2 aromatic heterocycles. The van der Waals surface area contributed by atoms with Crippen molar-refractivity contribution in [1.82, 2.24) is 20.6 Å². The van der Waals surface area contributed by atoms with Gasteiger partial charge in [-0.2, -0.15) is 0 Å². The van der Waals surface area contributed by atoms with E-state index in [4.69, 9.17) is 9.40 Å². The number of hydrogen-bond donors (Lipinski definition) is 2. The first kappa shape index (κ1) is 18.1. The van der Waals surface area contributed by atoms with Crippen molar-refractivity contribution in [3.8, 4) is 10.6 Å². The number of benzene rings is 1. The Morgan fingerprint density at radius 1 is 1.15 bits per heavy atom. The lowest BCUT2D eigenvalue weighted by atomic mass is 10.2. The summed E-state index contributed by atoms with van der Waals surface area (Å²) in [6.45, 7) is 5.11. The van der Waals surface area contributed by atoms with Crippen molar-refractivity contribution in [1.29, 1.82) is 0 Å². The lowest BCUT2D eigenvalue weighted by Gasteiger charge is -2.09. The number of aliphatic imine (C=N–C) groups is 1. The molecule has 6 nitrogen and oxygen atoms in total. The van der Waals surface area contributed by atoms with Crippen LogP contribution >= 0.6 is 11.3 Å². The van der Waals surface area contributed by atoms with Crippen molar-refractivity contribution < 1.29 is 4.42 Å². The predicted molar refractivity (Wildman–Crippen MR) is 105 cm³/mol. The molecule has 3 rings (SSSR count). The number of nitrogens with zero attached hydrogens (tertiary/aromatic N) is 3. The van der Waals surface area contributed by atoms with Crippen molar-refractivity contribution >= 4 is 17.3 Å². The summed E-state index contributed by atoms with van der Waals surface area (Å²) < 4.78 is 5.56. The molecule has 0 aliphatic heterocycles. The van der Waals surface area contributed by atoms with Crippen molar-refractivity contribution in [3.63, 3.8) is 0 Å². The van der Waals surface area contributed by atoms with Gasteiger partial charge in [0.2, 0.25) is 5.89 Å². The molecule has 0 radical (unpaired) electrons. The second-order valence-electron chi connectivity index (χ2n) is 5.86. The van der Waals surface area contributed by atoms with Gasteiger partial charge >= 0.3 is 0 Å². The van der Waals surface area contributed by atoms with Gasteiger partial charge in [-0.3, -0.25) is 4.99 Å². The normalized spacial score (nSPS) is 11.6. The maximum absolute atomic E-state index is 5.56. The van der Waals surface area contributed by atoms with E-state index in [0.717, 1.165) is 46.6 Å². The molecular weight excluding hydrogens is 346 g/mol. The molecule has 0 atom stereocenters. The van der Waals surface area contributed by atoms with E-state index in [1.54, 1.807) is 18.4 Å². The van der Waals surface area contributed by atoms with Gasteiger partial charge in [0.15, 0.2) is 5.96 Å². The highest BCUT2D eigenvalue weighted by Gasteiger charge is 2.07. The fraction of sp³-hybridized carbons (Fsp3) is 0.316. The van der Waals surface area contributed by atoms with Crippen LogP contribution in [0, 0.1) is 13.8 Å². The summed E-state index contributed by atoms with van der Waals surface area (Å²) >= 11 is 1.67. The highest BCUT2D eigenvalue weighted by molar-refractivity contribution is 7.13. The van der Waals surface area contributed by atoms with Gasteiger partial charge in [0.25, 0.3) is 0 Å². The Morgan fingerprint density at radius 2 is 1.96 bits per heavy atom. The number of oxazole rings is 1. The number of rotatable bonds is 6. The lowest BCUT2D eigenvalue weighted by molar-refractivity contribution is 0.463. The summed E-state index contributed by atoms with van der Waals surface area (Å²) in [6, 6.07) is 10.2. The van der Waals surface area contributed by atoms with Crippen LogP contribution in [0.3, 0.4) is 0 Å². The molecule has 26 heavy (non-hydrogen) atoms. The average Bonchev–Trinajstić information content (AvgIpc) is 3.25. The highest BCUT2D eigenvalue weighted by atomic mass is 32.1. The van der Waals surface area contributed by atoms with E-state index in [-0.39, 0.29) is 0 Å². The van der Waals surface area contributed by atoms with Gasteiger partial charge in [0.1, 0.15) is 10.8 Å². The second kappa shape index (κ2) is 8.62. The second-order valence-corrected chi connectivity index (χ2v) is 6.72. The number of aryl methyl sites for hydroxylation is 2. The van der Waals surface area contributed by atoms with Crippen LogP contribution in [0.5, 0.6) is 0 Å². The van der Waals surface area contributed by atoms with E-state index in [0.29, 0.717) is 12.4 Å². The van der Waals surface area contributed by atoms with Gasteiger partial charge in [0, 0.05) is 31.0 Å².